The van der Waals surface area contributed by atoms with Crippen LogP contribution in [0.4, 0.5) is 5.69 Å². The van der Waals surface area contributed by atoms with Crippen LogP contribution in [0.25, 0.3) is 21.3 Å². The fraction of sp³-hybridized carbons (Fsp3) is 0.231. The number of methoxy groups -OCH3 is 2. The number of fused-ring (bicyclic) bond motifs is 2. The molecule has 162 valence electrons. The Hall–Kier alpha value is -3.38. The zero-order valence-corrected chi connectivity index (χ0v) is 18.9. The first-order valence-electron chi connectivity index (χ1n) is 10.7. The fourth-order valence-corrected chi connectivity index (χ4v) is 5.59. The zero-order chi connectivity index (χ0) is 22.2. The van der Waals surface area contributed by atoms with E-state index in [0.29, 0.717) is 27.6 Å². The number of benzene rings is 2. The molecule has 0 saturated carbocycles. The van der Waals surface area contributed by atoms with Crippen molar-refractivity contribution in [1.29, 1.82) is 0 Å². The number of hydrogen-bond acceptors (Lipinski definition) is 6. The summed E-state index contributed by atoms with van der Waals surface area (Å²) in [6, 6.07) is 15.5. The standard InChI is InChI=1S/C26H24N2O3S/c1-30-19-13-12-16(14-20(19)31-2)24(29)25-23(27)22-21(15-8-4-3-5-9-15)17-10-6-7-11-18(17)28-26(22)32-25/h3-5,8-9,12-14H,6-7,10-11,27H2,1-2H3. The third-order valence-electron chi connectivity index (χ3n) is 6.07. The van der Waals surface area contributed by atoms with E-state index in [9.17, 15) is 4.79 Å². The second kappa shape index (κ2) is 8.28. The van der Waals surface area contributed by atoms with Crippen molar-refractivity contribution < 1.29 is 14.3 Å². The molecule has 0 amide bonds. The van der Waals surface area contributed by atoms with Crippen LogP contribution >= 0.6 is 11.3 Å². The Bertz CT molecular complexity index is 1330. The number of nitrogen functional groups attached to an aromatic ring is 1. The number of rotatable bonds is 5. The van der Waals surface area contributed by atoms with Crippen LogP contribution in [0.1, 0.15) is 39.3 Å². The number of ketones is 1. The lowest BCUT2D eigenvalue weighted by molar-refractivity contribution is 0.104. The van der Waals surface area contributed by atoms with E-state index in [1.807, 2.05) is 18.2 Å². The molecule has 6 heteroatoms. The Kier molecular flexibility index (Phi) is 5.31. The van der Waals surface area contributed by atoms with E-state index >= 15 is 0 Å². The van der Waals surface area contributed by atoms with Gasteiger partial charge in [-0.15, -0.1) is 11.3 Å². The zero-order valence-electron chi connectivity index (χ0n) is 18.1. The molecule has 2 aromatic heterocycles. The number of hydrogen-bond donors (Lipinski definition) is 1. The predicted octanol–water partition coefficient (Wildman–Crippen LogP) is 5.67. The van der Waals surface area contributed by atoms with Crippen molar-refractivity contribution in [3.8, 4) is 22.6 Å². The SMILES string of the molecule is COc1ccc(C(=O)c2sc3nc4c(c(-c5ccccc5)c3c2N)CCCC4)cc1OC. The molecule has 0 atom stereocenters. The van der Waals surface area contributed by atoms with Crippen LogP contribution in [0.5, 0.6) is 11.5 Å². The van der Waals surface area contributed by atoms with Gasteiger partial charge in [-0.1, -0.05) is 30.3 Å². The molecule has 0 saturated heterocycles. The highest BCUT2D eigenvalue weighted by atomic mass is 32.1. The minimum absolute atomic E-state index is 0.136. The van der Waals surface area contributed by atoms with Gasteiger partial charge in [0.25, 0.3) is 0 Å². The average Bonchev–Trinajstić information content (AvgIpc) is 3.17. The van der Waals surface area contributed by atoms with Crippen LogP contribution in [0.15, 0.2) is 48.5 Å². The summed E-state index contributed by atoms with van der Waals surface area (Å²) < 4.78 is 10.7. The molecule has 32 heavy (non-hydrogen) atoms. The van der Waals surface area contributed by atoms with Crippen LogP contribution in [-0.4, -0.2) is 25.0 Å². The van der Waals surface area contributed by atoms with Crippen molar-refractivity contribution >= 4 is 33.0 Å². The van der Waals surface area contributed by atoms with E-state index in [-0.39, 0.29) is 5.78 Å². The third kappa shape index (κ3) is 3.31. The first-order valence-corrected chi connectivity index (χ1v) is 11.5. The van der Waals surface area contributed by atoms with Gasteiger partial charge in [0.1, 0.15) is 9.71 Å². The number of aryl methyl sites for hydroxylation is 1. The van der Waals surface area contributed by atoms with Crippen molar-refractivity contribution in [1.82, 2.24) is 4.98 Å². The van der Waals surface area contributed by atoms with Gasteiger partial charge in [0.05, 0.1) is 19.9 Å². The van der Waals surface area contributed by atoms with E-state index in [1.165, 1.54) is 16.9 Å². The molecule has 2 heterocycles. The average molecular weight is 445 g/mol. The van der Waals surface area contributed by atoms with Crippen LogP contribution < -0.4 is 15.2 Å². The van der Waals surface area contributed by atoms with Crippen LogP contribution in [0.3, 0.4) is 0 Å². The molecule has 2 aromatic carbocycles. The maximum Gasteiger partial charge on any atom is 0.205 e. The van der Waals surface area contributed by atoms with Crippen LogP contribution in [0.2, 0.25) is 0 Å². The summed E-state index contributed by atoms with van der Waals surface area (Å²) in [6.07, 6.45) is 4.22. The quantitative estimate of drug-likeness (QED) is 0.401. The van der Waals surface area contributed by atoms with E-state index in [0.717, 1.165) is 52.7 Å². The Morgan fingerprint density at radius 1 is 1.00 bits per heavy atom. The van der Waals surface area contributed by atoms with E-state index < -0.39 is 0 Å². The number of aromatic nitrogens is 1. The molecule has 0 radical (unpaired) electrons. The Morgan fingerprint density at radius 3 is 2.50 bits per heavy atom. The summed E-state index contributed by atoms with van der Waals surface area (Å²) in [5, 5.41) is 0.894. The summed E-state index contributed by atoms with van der Waals surface area (Å²) in [5.74, 6) is 0.953. The van der Waals surface area contributed by atoms with Gasteiger partial charge in [-0.05, 0) is 60.6 Å². The summed E-state index contributed by atoms with van der Waals surface area (Å²) in [5.41, 5.74) is 12.3. The lowest BCUT2D eigenvalue weighted by Crippen LogP contribution is -2.08. The molecular formula is C26H24N2O3S. The molecule has 5 nitrogen and oxygen atoms in total. The number of carbonyl (C=O) groups excluding carboxylic acids is 1. The first kappa shape index (κ1) is 20.5. The van der Waals surface area contributed by atoms with Gasteiger partial charge in [-0.2, -0.15) is 0 Å². The Balaban J connectivity index is 1.71. The number of carbonyl (C=O) groups is 1. The smallest absolute Gasteiger partial charge is 0.205 e. The number of nitrogens with zero attached hydrogens (tertiary/aromatic N) is 1. The fourth-order valence-electron chi connectivity index (χ4n) is 4.51. The van der Waals surface area contributed by atoms with Gasteiger partial charge >= 0.3 is 0 Å². The second-order valence-electron chi connectivity index (χ2n) is 7.91. The maximum absolute atomic E-state index is 13.5. The molecule has 2 N–H and O–H groups in total. The monoisotopic (exact) mass is 444 g/mol. The minimum Gasteiger partial charge on any atom is -0.493 e. The summed E-state index contributed by atoms with van der Waals surface area (Å²) in [7, 11) is 3.13. The Morgan fingerprint density at radius 2 is 1.75 bits per heavy atom. The molecule has 0 spiro atoms. The summed E-state index contributed by atoms with van der Waals surface area (Å²) in [4.78, 5) is 19.8. The Labute approximate surface area is 190 Å². The lowest BCUT2D eigenvalue weighted by Gasteiger charge is -2.20. The van der Waals surface area contributed by atoms with Gasteiger partial charge in [0.2, 0.25) is 5.78 Å². The lowest BCUT2D eigenvalue weighted by atomic mass is 9.87. The van der Waals surface area contributed by atoms with Crippen molar-refractivity contribution in [3.05, 3.63) is 70.2 Å². The molecule has 1 aliphatic rings. The van der Waals surface area contributed by atoms with Gasteiger partial charge in [0, 0.05) is 16.6 Å². The highest BCUT2D eigenvalue weighted by molar-refractivity contribution is 7.21. The van der Waals surface area contributed by atoms with Crippen molar-refractivity contribution in [3.63, 3.8) is 0 Å². The van der Waals surface area contributed by atoms with Gasteiger partial charge in [-0.25, -0.2) is 4.98 Å². The van der Waals surface area contributed by atoms with Crippen molar-refractivity contribution in [2.24, 2.45) is 0 Å². The molecule has 0 aliphatic heterocycles. The van der Waals surface area contributed by atoms with E-state index in [2.05, 4.69) is 12.1 Å². The van der Waals surface area contributed by atoms with Crippen molar-refractivity contribution in [2.45, 2.75) is 25.7 Å². The van der Waals surface area contributed by atoms with E-state index in [4.69, 9.17) is 20.2 Å². The highest BCUT2D eigenvalue weighted by Crippen LogP contribution is 2.44. The maximum atomic E-state index is 13.5. The van der Waals surface area contributed by atoms with Crippen LogP contribution in [0, 0.1) is 0 Å². The molecule has 4 aromatic rings. The minimum atomic E-state index is -0.136. The van der Waals surface area contributed by atoms with Gasteiger partial charge in [-0.3, -0.25) is 4.79 Å². The van der Waals surface area contributed by atoms with Crippen LogP contribution in [-0.2, 0) is 12.8 Å². The summed E-state index contributed by atoms with van der Waals surface area (Å²) >= 11 is 1.37. The number of nitrogens with two attached hydrogens (primary N) is 1. The largest absolute Gasteiger partial charge is 0.493 e. The van der Waals surface area contributed by atoms with E-state index in [1.54, 1.807) is 32.4 Å². The number of anilines is 1. The molecular weight excluding hydrogens is 420 g/mol. The topological polar surface area (TPSA) is 74.4 Å². The number of thiophene rings is 1. The predicted molar refractivity (Wildman–Crippen MR) is 129 cm³/mol. The second-order valence-corrected chi connectivity index (χ2v) is 8.91. The molecule has 1 aliphatic carbocycles. The van der Waals surface area contributed by atoms with Gasteiger partial charge in [0.15, 0.2) is 11.5 Å². The molecule has 0 bridgehead atoms. The molecule has 0 fully saturated rings. The van der Waals surface area contributed by atoms with Crippen molar-refractivity contribution in [2.75, 3.05) is 20.0 Å². The number of ether oxygens (including phenoxy) is 2. The molecule has 5 rings (SSSR count). The third-order valence-corrected chi connectivity index (χ3v) is 7.17. The molecule has 0 unspecified atom stereocenters. The summed E-state index contributed by atoms with van der Waals surface area (Å²) in [6.45, 7) is 0. The normalized spacial score (nSPS) is 13.1. The number of pyridine rings is 1. The highest BCUT2D eigenvalue weighted by Gasteiger charge is 2.26. The first-order chi connectivity index (χ1) is 15.6. The van der Waals surface area contributed by atoms with Gasteiger partial charge < -0.3 is 15.2 Å².